The van der Waals surface area contributed by atoms with E-state index in [0.29, 0.717) is 6.42 Å². The molecule has 16 heavy (non-hydrogen) atoms. The first-order chi connectivity index (χ1) is 7.63. The number of hydrogen-bond donors (Lipinski definition) is 1. The largest absolute Gasteiger partial charge is 0.378 e. The second kappa shape index (κ2) is 6.49. The highest BCUT2D eigenvalue weighted by Gasteiger charge is 2.20. The first-order valence-corrected chi connectivity index (χ1v) is 5.94. The molecule has 4 nitrogen and oxygen atoms in total. The molecule has 90 valence electrons. The Balaban J connectivity index is 2.31. The molecule has 0 saturated carbocycles. The summed E-state index contributed by atoms with van der Waals surface area (Å²) in [6.07, 6.45) is 3.59. The molecule has 4 heteroatoms. The summed E-state index contributed by atoms with van der Waals surface area (Å²) in [4.78, 5) is 11.6. The smallest absolute Gasteiger partial charge is 0.223 e. The van der Waals surface area contributed by atoms with Gasteiger partial charge in [0.2, 0.25) is 5.91 Å². The molecule has 1 saturated heterocycles. The molecule has 0 aromatic heterocycles. The van der Waals surface area contributed by atoms with Crippen molar-refractivity contribution < 1.29 is 9.53 Å². The van der Waals surface area contributed by atoms with E-state index in [0.717, 1.165) is 25.9 Å². The number of amides is 1. The van der Waals surface area contributed by atoms with Gasteiger partial charge >= 0.3 is 0 Å². The lowest BCUT2D eigenvalue weighted by Crippen LogP contribution is -2.39. The first kappa shape index (κ1) is 13.0. The van der Waals surface area contributed by atoms with Gasteiger partial charge in [-0.1, -0.05) is 13.8 Å². The SMILES string of the molecule is CC(C)C(C#N)NC(=O)CC1CCCCO1. The molecule has 0 aromatic carbocycles. The van der Waals surface area contributed by atoms with Crippen LogP contribution in [0.4, 0.5) is 0 Å². The minimum atomic E-state index is -0.393. The van der Waals surface area contributed by atoms with Crippen LogP contribution >= 0.6 is 0 Å². The van der Waals surface area contributed by atoms with Crippen LogP contribution in [0.1, 0.15) is 39.5 Å². The zero-order chi connectivity index (χ0) is 12.0. The van der Waals surface area contributed by atoms with Gasteiger partial charge in [-0.15, -0.1) is 0 Å². The third-order valence-electron chi connectivity index (χ3n) is 2.81. The van der Waals surface area contributed by atoms with Gasteiger partial charge in [0.15, 0.2) is 0 Å². The summed E-state index contributed by atoms with van der Waals surface area (Å²) in [6, 6.07) is 1.70. The van der Waals surface area contributed by atoms with Crippen molar-refractivity contribution >= 4 is 5.91 Å². The summed E-state index contributed by atoms with van der Waals surface area (Å²) in [5.74, 6) is 0.0633. The highest BCUT2D eigenvalue weighted by Crippen LogP contribution is 2.15. The maximum absolute atomic E-state index is 11.6. The number of hydrogen-bond acceptors (Lipinski definition) is 3. The molecule has 1 fully saturated rings. The van der Waals surface area contributed by atoms with Crippen molar-refractivity contribution in [2.24, 2.45) is 5.92 Å². The lowest BCUT2D eigenvalue weighted by atomic mass is 10.0. The van der Waals surface area contributed by atoms with Crippen LogP contribution in [0.3, 0.4) is 0 Å². The maximum atomic E-state index is 11.6. The van der Waals surface area contributed by atoms with Crippen molar-refractivity contribution in [3.8, 4) is 6.07 Å². The van der Waals surface area contributed by atoms with Crippen LogP contribution in [0.5, 0.6) is 0 Å². The van der Waals surface area contributed by atoms with Crippen molar-refractivity contribution in [1.82, 2.24) is 5.32 Å². The molecule has 1 amide bonds. The number of rotatable bonds is 4. The van der Waals surface area contributed by atoms with E-state index in [-0.39, 0.29) is 17.9 Å². The van der Waals surface area contributed by atoms with Crippen molar-refractivity contribution in [2.75, 3.05) is 6.61 Å². The van der Waals surface area contributed by atoms with E-state index < -0.39 is 6.04 Å². The molecule has 2 unspecified atom stereocenters. The summed E-state index contributed by atoms with van der Waals surface area (Å²) in [5.41, 5.74) is 0. The molecule has 0 aromatic rings. The highest BCUT2D eigenvalue weighted by atomic mass is 16.5. The van der Waals surface area contributed by atoms with Gasteiger partial charge in [0.1, 0.15) is 6.04 Å². The topological polar surface area (TPSA) is 62.1 Å². The van der Waals surface area contributed by atoms with Crippen LogP contribution in [0.15, 0.2) is 0 Å². The lowest BCUT2D eigenvalue weighted by Gasteiger charge is -2.23. The Labute approximate surface area is 97.0 Å². The first-order valence-electron chi connectivity index (χ1n) is 5.94. The van der Waals surface area contributed by atoms with Crippen molar-refractivity contribution in [3.63, 3.8) is 0 Å². The summed E-state index contributed by atoms with van der Waals surface area (Å²) >= 11 is 0. The zero-order valence-electron chi connectivity index (χ0n) is 10.0. The molecule has 1 aliphatic heterocycles. The predicted octanol–water partition coefficient (Wildman–Crippen LogP) is 1.61. The predicted molar refractivity (Wildman–Crippen MR) is 60.6 cm³/mol. The molecule has 0 aliphatic carbocycles. The average Bonchev–Trinajstić information content (AvgIpc) is 2.27. The van der Waals surface area contributed by atoms with E-state index in [1.807, 2.05) is 13.8 Å². The average molecular weight is 224 g/mol. The van der Waals surface area contributed by atoms with Gasteiger partial charge in [0, 0.05) is 6.61 Å². The van der Waals surface area contributed by atoms with Gasteiger partial charge in [-0.2, -0.15) is 5.26 Å². The second-order valence-electron chi connectivity index (χ2n) is 4.61. The Bertz CT molecular complexity index is 265. The number of carbonyl (C=O) groups excluding carboxylic acids is 1. The van der Waals surface area contributed by atoms with E-state index in [2.05, 4.69) is 11.4 Å². The minimum absolute atomic E-state index is 0.0419. The molecule has 0 radical (unpaired) electrons. The Morgan fingerprint density at radius 2 is 2.31 bits per heavy atom. The molecule has 0 spiro atoms. The Morgan fingerprint density at radius 1 is 1.56 bits per heavy atom. The Hall–Kier alpha value is -1.08. The molecule has 0 bridgehead atoms. The van der Waals surface area contributed by atoms with Gasteiger partial charge in [0.05, 0.1) is 18.6 Å². The van der Waals surface area contributed by atoms with Crippen molar-refractivity contribution in [3.05, 3.63) is 0 Å². The van der Waals surface area contributed by atoms with E-state index in [1.165, 1.54) is 0 Å². The molecular formula is C12H20N2O2. The fraction of sp³-hybridized carbons (Fsp3) is 0.833. The molecule has 1 N–H and O–H groups in total. The van der Waals surface area contributed by atoms with E-state index in [1.54, 1.807) is 0 Å². The monoisotopic (exact) mass is 224 g/mol. The van der Waals surface area contributed by atoms with Gasteiger partial charge in [-0.25, -0.2) is 0 Å². The van der Waals surface area contributed by atoms with E-state index in [9.17, 15) is 4.79 Å². The summed E-state index contributed by atoms with van der Waals surface area (Å²) in [5, 5.41) is 11.6. The fourth-order valence-corrected chi connectivity index (χ4v) is 1.76. The molecular weight excluding hydrogens is 204 g/mol. The highest BCUT2D eigenvalue weighted by molar-refractivity contribution is 5.77. The Morgan fingerprint density at radius 3 is 2.81 bits per heavy atom. The van der Waals surface area contributed by atoms with Crippen LogP contribution in [0, 0.1) is 17.2 Å². The number of ether oxygens (including phenoxy) is 1. The third-order valence-corrected chi connectivity index (χ3v) is 2.81. The molecule has 2 atom stereocenters. The fourth-order valence-electron chi connectivity index (χ4n) is 1.76. The van der Waals surface area contributed by atoms with Crippen LogP contribution in [-0.4, -0.2) is 24.7 Å². The number of carbonyl (C=O) groups is 1. The van der Waals surface area contributed by atoms with Crippen LogP contribution in [-0.2, 0) is 9.53 Å². The standard InChI is InChI=1S/C12H20N2O2/c1-9(2)11(8-13)14-12(15)7-10-5-3-4-6-16-10/h9-11H,3-7H2,1-2H3,(H,14,15). The van der Waals surface area contributed by atoms with Crippen molar-refractivity contribution in [1.29, 1.82) is 5.26 Å². The molecule has 1 heterocycles. The van der Waals surface area contributed by atoms with Gasteiger partial charge in [0.25, 0.3) is 0 Å². The summed E-state index contributed by atoms with van der Waals surface area (Å²) in [7, 11) is 0. The summed E-state index contributed by atoms with van der Waals surface area (Å²) < 4.78 is 5.48. The number of nitrogens with one attached hydrogen (secondary N) is 1. The van der Waals surface area contributed by atoms with Gasteiger partial charge < -0.3 is 10.1 Å². The summed E-state index contributed by atoms with van der Waals surface area (Å²) in [6.45, 7) is 4.60. The van der Waals surface area contributed by atoms with Crippen LogP contribution < -0.4 is 5.32 Å². The number of nitrogens with zero attached hydrogens (tertiary/aromatic N) is 1. The second-order valence-corrected chi connectivity index (χ2v) is 4.61. The van der Waals surface area contributed by atoms with E-state index >= 15 is 0 Å². The lowest BCUT2D eigenvalue weighted by molar-refractivity contribution is -0.125. The van der Waals surface area contributed by atoms with Crippen LogP contribution in [0.25, 0.3) is 0 Å². The van der Waals surface area contributed by atoms with Gasteiger partial charge in [-0.3, -0.25) is 4.79 Å². The molecule has 1 aliphatic rings. The van der Waals surface area contributed by atoms with Gasteiger partial charge in [-0.05, 0) is 25.2 Å². The van der Waals surface area contributed by atoms with Crippen LogP contribution in [0.2, 0.25) is 0 Å². The maximum Gasteiger partial charge on any atom is 0.223 e. The third kappa shape index (κ3) is 4.19. The number of nitriles is 1. The van der Waals surface area contributed by atoms with Crippen molar-refractivity contribution in [2.45, 2.75) is 51.7 Å². The molecule has 1 rings (SSSR count). The minimum Gasteiger partial charge on any atom is -0.378 e. The zero-order valence-corrected chi connectivity index (χ0v) is 10.0. The quantitative estimate of drug-likeness (QED) is 0.789. The Kier molecular flexibility index (Phi) is 5.27. The van der Waals surface area contributed by atoms with E-state index in [4.69, 9.17) is 10.00 Å². The normalized spacial score (nSPS) is 22.5.